The van der Waals surface area contributed by atoms with E-state index in [1.54, 1.807) is 6.20 Å². The van der Waals surface area contributed by atoms with Gasteiger partial charge in [0.1, 0.15) is 0 Å². The minimum absolute atomic E-state index is 0.153. The maximum Gasteiger partial charge on any atom is 0.255 e. The second kappa shape index (κ2) is 7.07. The van der Waals surface area contributed by atoms with Crippen LogP contribution in [-0.2, 0) is 0 Å². The van der Waals surface area contributed by atoms with Crippen molar-refractivity contribution in [1.82, 2.24) is 4.98 Å². The van der Waals surface area contributed by atoms with Gasteiger partial charge in [0, 0.05) is 16.8 Å². The topological polar surface area (TPSA) is 55.1 Å². The van der Waals surface area contributed by atoms with Gasteiger partial charge in [0.15, 0.2) is 12.2 Å². The van der Waals surface area contributed by atoms with E-state index in [4.69, 9.17) is 4.42 Å². The lowest BCUT2D eigenvalue weighted by Crippen LogP contribution is -2.11. The molecule has 0 radical (unpaired) electrons. The number of oxazole rings is 1. The molecule has 0 saturated heterocycles. The standard InChI is InChI=1S/C22H16N2O2/c25-22(18-11-9-17(10-12-18)16-5-2-1-3-6-16)24-20-8-4-7-19(13-20)21-14-23-15-26-21/h1-15H,(H,24,25). The molecule has 0 saturated carbocycles. The number of carbonyl (C=O) groups excluding carboxylic acids is 1. The third-order valence-corrected chi connectivity index (χ3v) is 4.09. The second-order valence-corrected chi connectivity index (χ2v) is 5.84. The van der Waals surface area contributed by atoms with E-state index in [2.05, 4.69) is 10.3 Å². The highest BCUT2D eigenvalue weighted by Gasteiger charge is 2.08. The Morgan fingerprint density at radius 2 is 1.54 bits per heavy atom. The van der Waals surface area contributed by atoms with Crippen molar-refractivity contribution in [2.75, 3.05) is 5.32 Å². The fraction of sp³-hybridized carbons (Fsp3) is 0. The normalized spacial score (nSPS) is 10.5. The van der Waals surface area contributed by atoms with Crippen molar-refractivity contribution in [3.05, 3.63) is 97.0 Å². The quantitative estimate of drug-likeness (QED) is 0.551. The summed E-state index contributed by atoms with van der Waals surface area (Å²) in [5.74, 6) is 0.507. The first-order chi connectivity index (χ1) is 12.8. The zero-order valence-electron chi connectivity index (χ0n) is 13.9. The lowest BCUT2D eigenvalue weighted by molar-refractivity contribution is 0.102. The maximum atomic E-state index is 12.5. The van der Waals surface area contributed by atoms with Crippen LogP contribution >= 0.6 is 0 Å². The highest BCUT2D eigenvalue weighted by atomic mass is 16.3. The smallest absolute Gasteiger partial charge is 0.255 e. The van der Waals surface area contributed by atoms with Crippen LogP contribution in [0.2, 0.25) is 0 Å². The SMILES string of the molecule is O=C(Nc1cccc(-c2cnco2)c1)c1ccc(-c2ccccc2)cc1. The van der Waals surface area contributed by atoms with Crippen molar-refractivity contribution in [3.8, 4) is 22.5 Å². The van der Waals surface area contributed by atoms with E-state index in [-0.39, 0.29) is 5.91 Å². The summed E-state index contributed by atoms with van der Waals surface area (Å²) >= 11 is 0. The van der Waals surface area contributed by atoms with E-state index in [0.717, 1.165) is 16.7 Å². The van der Waals surface area contributed by atoms with Gasteiger partial charge < -0.3 is 9.73 Å². The molecule has 4 nitrogen and oxygen atoms in total. The van der Waals surface area contributed by atoms with Gasteiger partial charge >= 0.3 is 0 Å². The van der Waals surface area contributed by atoms with Crippen LogP contribution in [0.4, 0.5) is 5.69 Å². The molecule has 0 aliphatic carbocycles. The lowest BCUT2D eigenvalue weighted by Gasteiger charge is -2.08. The second-order valence-electron chi connectivity index (χ2n) is 5.84. The molecule has 0 aliphatic rings. The van der Waals surface area contributed by atoms with Crippen molar-refractivity contribution in [2.45, 2.75) is 0 Å². The maximum absolute atomic E-state index is 12.5. The predicted molar refractivity (Wildman–Crippen MR) is 102 cm³/mol. The van der Waals surface area contributed by atoms with Crippen LogP contribution in [0.3, 0.4) is 0 Å². The van der Waals surface area contributed by atoms with Crippen LogP contribution in [-0.4, -0.2) is 10.9 Å². The molecule has 126 valence electrons. The molecule has 1 aromatic heterocycles. The van der Waals surface area contributed by atoms with E-state index >= 15 is 0 Å². The fourth-order valence-electron chi connectivity index (χ4n) is 2.76. The van der Waals surface area contributed by atoms with Gasteiger partial charge in [-0.25, -0.2) is 4.98 Å². The molecule has 4 rings (SSSR count). The number of benzene rings is 3. The molecule has 4 heteroatoms. The van der Waals surface area contributed by atoms with E-state index in [1.807, 2.05) is 78.9 Å². The van der Waals surface area contributed by atoms with Crippen molar-refractivity contribution in [1.29, 1.82) is 0 Å². The van der Waals surface area contributed by atoms with Crippen molar-refractivity contribution >= 4 is 11.6 Å². The van der Waals surface area contributed by atoms with Gasteiger partial charge in [-0.05, 0) is 35.4 Å². The van der Waals surface area contributed by atoms with Crippen LogP contribution in [0, 0.1) is 0 Å². The Bertz CT molecular complexity index is 1010. The number of aromatic nitrogens is 1. The van der Waals surface area contributed by atoms with Crippen molar-refractivity contribution in [3.63, 3.8) is 0 Å². The van der Waals surface area contributed by atoms with E-state index < -0.39 is 0 Å². The molecule has 0 fully saturated rings. The number of anilines is 1. The Kier molecular flexibility index (Phi) is 4.31. The molecule has 0 spiro atoms. The minimum atomic E-state index is -0.153. The van der Waals surface area contributed by atoms with Gasteiger partial charge in [0.2, 0.25) is 0 Å². The van der Waals surface area contributed by atoms with E-state index in [9.17, 15) is 4.79 Å². The molecule has 0 aliphatic heterocycles. The van der Waals surface area contributed by atoms with Gasteiger partial charge in [-0.2, -0.15) is 0 Å². The average molecular weight is 340 g/mol. The molecule has 3 aromatic carbocycles. The zero-order chi connectivity index (χ0) is 17.8. The Morgan fingerprint density at radius 1 is 0.808 bits per heavy atom. The van der Waals surface area contributed by atoms with Crippen LogP contribution in [0.5, 0.6) is 0 Å². The highest BCUT2D eigenvalue weighted by molar-refractivity contribution is 6.04. The molecule has 1 N–H and O–H groups in total. The molecule has 1 amide bonds. The number of nitrogens with one attached hydrogen (secondary N) is 1. The third-order valence-electron chi connectivity index (χ3n) is 4.09. The Labute approximate surface area is 151 Å². The monoisotopic (exact) mass is 340 g/mol. The average Bonchev–Trinajstić information content (AvgIpc) is 3.24. The molecule has 0 bridgehead atoms. The van der Waals surface area contributed by atoms with Crippen LogP contribution in [0.25, 0.3) is 22.5 Å². The minimum Gasteiger partial charge on any atom is -0.444 e. The van der Waals surface area contributed by atoms with Gasteiger partial charge in [0.05, 0.1) is 6.20 Å². The molecule has 1 heterocycles. The first kappa shape index (κ1) is 15.8. The third kappa shape index (κ3) is 3.39. The van der Waals surface area contributed by atoms with Gasteiger partial charge in [0.25, 0.3) is 5.91 Å². The fourth-order valence-corrected chi connectivity index (χ4v) is 2.76. The Balaban J connectivity index is 1.51. The number of hydrogen-bond acceptors (Lipinski definition) is 3. The van der Waals surface area contributed by atoms with E-state index in [1.165, 1.54) is 6.39 Å². The largest absolute Gasteiger partial charge is 0.444 e. The molecular weight excluding hydrogens is 324 g/mol. The molecular formula is C22H16N2O2. The summed E-state index contributed by atoms with van der Waals surface area (Å²) in [7, 11) is 0. The molecule has 26 heavy (non-hydrogen) atoms. The number of carbonyl (C=O) groups is 1. The highest BCUT2D eigenvalue weighted by Crippen LogP contribution is 2.23. The number of hydrogen-bond donors (Lipinski definition) is 1. The number of rotatable bonds is 4. The van der Waals surface area contributed by atoms with Gasteiger partial charge in [-0.15, -0.1) is 0 Å². The lowest BCUT2D eigenvalue weighted by atomic mass is 10.0. The van der Waals surface area contributed by atoms with Crippen molar-refractivity contribution in [2.24, 2.45) is 0 Å². The Hall–Kier alpha value is -3.66. The summed E-state index contributed by atoms with van der Waals surface area (Å²) in [6, 6.07) is 25.1. The Morgan fingerprint density at radius 3 is 2.27 bits per heavy atom. The van der Waals surface area contributed by atoms with Gasteiger partial charge in [-0.1, -0.05) is 54.6 Å². The van der Waals surface area contributed by atoms with Crippen LogP contribution < -0.4 is 5.32 Å². The molecule has 4 aromatic rings. The van der Waals surface area contributed by atoms with E-state index in [0.29, 0.717) is 17.0 Å². The predicted octanol–water partition coefficient (Wildman–Crippen LogP) is 5.26. The van der Waals surface area contributed by atoms with Crippen LogP contribution in [0.1, 0.15) is 10.4 Å². The summed E-state index contributed by atoms with van der Waals surface area (Å²) in [6.45, 7) is 0. The summed E-state index contributed by atoms with van der Waals surface area (Å²) in [6.07, 6.45) is 3.03. The first-order valence-electron chi connectivity index (χ1n) is 8.25. The molecule has 0 atom stereocenters. The summed E-state index contributed by atoms with van der Waals surface area (Å²) < 4.78 is 5.30. The zero-order valence-corrected chi connectivity index (χ0v) is 13.9. The van der Waals surface area contributed by atoms with Gasteiger partial charge in [-0.3, -0.25) is 4.79 Å². The molecule has 0 unspecified atom stereocenters. The summed E-state index contributed by atoms with van der Waals surface area (Å²) in [4.78, 5) is 16.4. The van der Waals surface area contributed by atoms with Crippen molar-refractivity contribution < 1.29 is 9.21 Å². The van der Waals surface area contributed by atoms with Crippen LogP contribution in [0.15, 0.2) is 95.9 Å². The number of nitrogens with zero attached hydrogens (tertiary/aromatic N) is 1. The number of amides is 1. The first-order valence-corrected chi connectivity index (χ1v) is 8.25. The summed E-state index contributed by atoms with van der Waals surface area (Å²) in [5, 5.41) is 2.92. The summed E-state index contributed by atoms with van der Waals surface area (Å²) in [5.41, 5.74) is 4.37.